The number of hydrogen-bond acceptors (Lipinski definition) is 4. The van der Waals surface area contributed by atoms with Crippen molar-refractivity contribution in [2.45, 2.75) is 32.7 Å². The third-order valence-corrected chi connectivity index (χ3v) is 4.29. The van der Waals surface area contributed by atoms with Gasteiger partial charge in [-0.05, 0) is 55.2 Å². The average Bonchev–Trinajstić information content (AvgIpc) is 2.60. The number of nitrogen functional groups attached to an aromatic ring is 1. The fraction of sp³-hybridized carbons (Fsp3) is 0.350. The third-order valence-electron chi connectivity index (χ3n) is 4.29. The smallest absolute Gasteiger partial charge is 0.220 e. The molecule has 0 aliphatic rings. The van der Waals surface area contributed by atoms with Crippen molar-refractivity contribution in [3.63, 3.8) is 0 Å². The molecule has 0 spiro atoms. The quantitative estimate of drug-likeness (QED) is 0.756. The highest BCUT2D eigenvalue weighted by atomic mass is 16.5. The van der Waals surface area contributed by atoms with Crippen LogP contribution in [0.5, 0.6) is 11.5 Å². The normalized spacial score (nSPS) is 11.7. The fourth-order valence-electron chi connectivity index (χ4n) is 2.86. The van der Waals surface area contributed by atoms with Crippen molar-refractivity contribution < 1.29 is 14.3 Å². The Bertz CT molecular complexity index is 744. The number of carbonyl (C=O) groups excluding carboxylic acids is 1. The van der Waals surface area contributed by atoms with Crippen LogP contribution < -0.4 is 20.5 Å². The van der Waals surface area contributed by atoms with E-state index in [2.05, 4.69) is 5.32 Å². The Labute approximate surface area is 149 Å². The highest BCUT2D eigenvalue weighted by Gasteiger charge is 2.16. The lowest BCUT2D eigenvalue weighted by molar-refractivity contribution is -0.121. The Balaban J connectivity index is 2.02. The lowest BCUT2D eigenvalue weighted by Gasteiger charge is -2.19. The van der Waals surface area contributed by atoms with Gasteiger partial charge in [-0.1, -0.05) is 18.2 Å². The number of anilines is 1. The standard InChI is InChI=1S/C20H26N2O3/c1-13-11-18(24-3)19(25-4)12-16(13)14(2)22-20(23)10-9-15-7-5-6-8-17(15)21/h5-8,11-12,14H,9-10,21H2,1-4H3,(H,22,23). The lowest BCUT2D eigenvalue weighted by atomic mass is 10.0. The maximum Gasteiger partial charge on any atom is 0.220 e. The van der Waals surface area contributed by atoms with Gasteiger partial charge in [-0.15, -0.1) is 0 Å². The Kier molecular flexibility index (Phi) is 6.28. The highest BCUT2D eigenvalue weighted by Crippen LogP contribution is 2.32. The number of hydrogen-bond donors (Lipinski definition) is 2. The number of rotatable bonds is 7. The molecule has 5 nitrogen and oxygen atoms in total. The van der Waals surface area contributed by atoms with E-state index < -0.39 is 0 Å². The number of nitrogens with one attached hydrogen (secondary N) is 1. The van der Waals surface area contributed by atoms with E-state index in [0.717, 1.165) is 22.4 Å². The molecule has 1 atom stereocenters. The van der Waals surface area contributed by atoms with Gasteiger partial charge in [0.05, 0.1) is 20.3 Å². The number of para-hydroxylation sites is 1. The molecular formula is C20H26N2O3. The zero-order valence-electron chi connectivity index (χ0n) is 15.3. The first-order valence-electron chi connectivity index (χ1n) is 8.31. The second kappa shape index (κ2) is 8.42. The molecule has 0 bridgehead atoms. The van der Waals surface area contributed by atoms with Crippen molar-refractivity contribution in [3.05, 3.63) is 53.1 Å². The van der Waals surface area contributed by atoms with E-state index in [-0.39, 0.29) is 11.9 Å². The average molecular weight is 342 g/mol. The van der Waals surface area contributed by atoms with Crippen molar-refractivity contribution in [2.24, 2.45) is 0 Å². The predicted molar refractivity (Wildman–Crippen MR) is 100 cm³/mol. The van der Waals surface area contributed by atoms with Gasteiger partial charge >= 0.3 is 0 Å². The van der Waals surface area contributed by atoms with Gasteiger partial charge in [0.25, 0.3) is 0 Å². The summed E-state index contributed by atoms with van der Waals surface area (Å²) in [6, 6.07) is 11.3. The molecule has 0 aliphatic heterocycles. The maximum atomic E-state index is 12.3. The molecule has 0 saturated carbocycles. The number of aryl methyl sites for hydroxylation is 2. The molecule has 0 radical (unpaired) electrons. The summed E-state index contributed by atoms with van der Waals surface area (Å²) in [6.07, 6.45) is 1.01. The van der Waals surface area contributed by atoms with Gasteiger partial charge in [-0.25, -0.2) is 0 Å². The maximum absolute atomic E-state index is 12.3. The number of ether oxygens (including phenoxy) is 2. The van der Waals surface area contributed by atoms with Gasteiger partial charge in [0.15, 0.2) is 11.5 Å². The van der Waals surface area contributed by atoms with Gasteiger partial charge < -0.3 is 20.5 Å². The first-order valence-corrected chi connectivity index (χ1v) is 8.31. The summed E-state index contributed by atoms with van der Waals surface area (Å²) in [5.41, 5.74) is 9.68. The molecule has 2 aromatic rings. The topological polar surface area (TPSA) is 73.6 Å². The molecule has 0 heterocycles. The van der Waals surface area contributed by atoms with Crippen LogP contribution in [0.3, 0.4) is 0 Å². The van der Waals surface area contributed by atoms with E-state index >= 15 is 0 Å². The summed E-state index contributed by atoms with van der Waals surface area (Å²) in [5.74, 6) is 1.33. The zero-order valence-corrected chi connectivity index (χ0v) is 15.3. The molecule has 0 fully saturated rings. The molecule has 3 N–H and O–H groups in total. The number of amides is 1. The van der Waals surface area contributed by atoms with Crippen LogP contribution in [0.15, 0.2) is 36.4 Å². The van der Waals surface area contributed by atoms with Crippen LogP contribution in [-0.4, -0.2) is 20.1 Å². The van der Waals surface area contributed by atoms with Crippen LogP contribution in [0.25, 0.3) is 0 Å². The molecule has 2 aromatic carbocycles. The Morgan fingerprint density at radius 2 is 1.80 bits per heavy atom. The third kappa shape index (κ3) is 4.66. The van der Waals surface area contributed by atoms with Crippen LogP contribution in [0, 0.1) is 6.92 Å². The number of carbonyl (C=O) groups is 1. The molecule has 5 heteroatoms. The first kappa shape index (κ1) is 18.6. The molecular weight excluding hydrogens is 316 g/mol. The van der Waals surface area contributed by atoms with Crippen LogP contribution >= 0.6 is 0 Å². The number of methoxy groups -OCH3 is 2. The largest absolute Gasteiger partial charge is 0.493 e. The van der Waals surface area contributed by atoms with Crippen LogP contribution in [0.4, 0.5) is 5.69 Å². The van der Waals surface area contributed by atoms with Crippen molar-refractivity contribution in [1.29, 1.82) is 0 Å². The molecule has 25 heavy (non-hydrogen) atoms. The minimum Gasteiger partial charge on any atom is -0.493 e. The molecule has 0 saturated heterocycles. The van der Waals surface area contributed by atoms with E-state index in [1.54, 1.807) is 14.2 Å². The van der Waals surface area contributed by atoms with Gasteiger partial charge in [0, 0.05) is 12.1 Å². The first-order chi connectivity index (χ1) is 12.0. The van der Waals surface area contributed by atoms with Crippen LogP contribution in [0.2, 0.25) is 0 Å². The van der Waals surface area contributed by atoms with E-state index in [9.17, 15) is 4.79 Å². The van der Waals surface area contributed by atoms with Gasteiger partial charge in [0.2, 0.25) is 5.91 Å². The Morgan fingerprint density at radius 3 is 2.44 bits per heavy atom. The summed E-state index contributed by atoms with van der Waals surface area (Å²) in [4.78, 5) is 12.3. The molecule has 1 amide bonds. The highest BCUT2D eigenvalue weighted by molar-refractivity contribution is 5.77. The Hall–Kier alpha value is -2.69. The monoisotopic (exact) mass is 342 g/mol. The molecule has 0 aromatic heterocycles. The van der Waals surface area contributed by atoms with Crippen LogP contribution in [-0.2, 0) is 11.2 Å². The number of nitrogens with two attached hydrogens (primary N) is 1. The zero-order chi connectivity index (χ0) is 18.4. The van der Waals surface area contributed by atoms with E-state index in [0.29, 0.717) is 24.3 Å². The van der Waals surface area contributed by atoms with Crippen molar-refractivity contribution >= 4 is 11.6 Å². The lowest BCUT2D eigenvalue weighted by Crippen LogP contribution is -2.27. The summed E-state index contributed by atoms with van der Waals surface area (Å²) in [6.45, 7) is 3.95. The molecule has 134 valence electrons. The van der Waals surface area contributed by atoms with Crippen molar-refractivity contribution in [3.8, 4) is 11.5 Å². The van der Waals surface area contributed by atoms with E-state index in [1.165, 1.54) is 0 Å². The summed E-state index contributed by atoms with van der Waals surface area (Å²) in [7, 11) is 3.21. The van der Waals surface area contributed by atoms with Crippen LogP contribution in [0.1, 0.15) is 36.1 Å². The van der Waals surface area contributed by atoms with Crippen molar-refractivity contribution in [2.75, 3.05) is 20.0 Å². The SMILES string of the molecule is COc1cc(C)c(C(C)NC(=O)CCc2ccccc2N)cc1OC. The van der Waals surface area contributed by atoms with E-state index in [1.807, 2.05) is 50.2 Å². The summed E-state index contributed by atoms with van der Waals surface area (Å²) in [5, 5.41) is 3.04. The van der Waals surface area contributed by atoms with Crippen molar-refractivity contribution in [1.82, 2.24) is 5.32 Å². The minimum absolute atomic E-state index is 0.00932. The number of benzene rings is 2. The summed E-state index contributed by atoms with van der Waals surface area (Å²) < 4.78 is 10.7. The van der Waals surface area contributed by atoms with E-state index in [4.69, 9.17) is 15.2 Å². The molecule has 1 unspecified atom stereocenters. The van der Waals surface area contributed by atoms with Gasteiger partial charge in [-0.3, -0.25) is 4.79 Å². The Morgan fingerprint density at radius 1 is 1.16 bits per heavy atom. The van der Waals surface area contributed by atoms with Gasteiger partial charge in [0.1, 0.15) is 0 Å². The second-order valence-corrected chi connectivity index (χ2v) is 6.05. The molecule has 2 rings (SSSR count). The second-order valence-electron chi connectivity index (χ2n) is 6.05. The summed E-state index contributed by atoms with van der Waals surface area (Å²) >= 11 is 0. The molecule has 0 aliphatic carbocycles. The minimum atomic E-state index is -0.125. The fourth-order valence-corrected chi connectivity index (χ4v) is 2.86. The van der Waals surface area contributed by atoms with Gasteiger partial charge in [-0.2, -0.15) is 0 Å². The predicted octanol–water partition coefficient (Wildman–Crippen LogP) is 3.40.